The maximum absolute atomic E-state index is 15.3. The molecule has 0 unspecified atom stereocenters. The highest BCUT2D eigenvalue weighted by atomic mass is 19.4. The maximum atomic E-state index is 15.3. The lowest BCUT2D eigenvalue weighted by Crippen LogP contribution is -2.25. The van der Waals surface area contributed by atoms with Crippen LogP contribution < -0.4 is 9.47 Å². The summed E-state index contributed by atoms with van der Waals surface area (Å²) in [5.74, 6) is -10.4. The third kappa shape index (κ3) is 9.15. The summed E-state index contributed by atoms with van der Waals surface area (Å²) in [5, 5.41) is 0. The van der Waals surface area contributed by atoms with Gasteiger partial charge in [-0.25, -0.2) is 26.3 Å². The molecular formula is C38H33F11O2. The van der Waals surface area contributed by atoms with E-state index in [-0.39, 0.29) is 17.0 Å². The Morgan fingerprint density at radius 2 is 1.18 bits per heavy atom. The summed E-state index contributed by atoms with van der Waals surface area (Å²) in [6.45, 7) is 0.155. The molecule has 4 aromatic carbocycles. The first kappa shape index (κ1) is 38.0. The van der Waals surface area contributed by atoms with Crippen molar-refractivity contribution >= 4 is 0 Å². The Bertz CT molecular complexity index is 1800. The number of alkyl halides is 5. The summed E-state index contributed by atoms with van der Waals surface area (Å²) in [7, 11) is 0. The van der Waals surface area contributed by atoms with Crippen LogP contribution in [-0.4, -0.2) is 12.8 Å². The number of hydrogen-bond donors (Lipinski definition) is 0. The lowest BCUT2D eigenvalue weighted by Gasteiger charge is -2.29. The lowest BCUT2D eigenvalue weighted by molar-refractivity contribution is -0.189. The number of benzene rings is 4. The van der Waals surface area contributed by atoms with Crippen molar-refractivity contribution in [3.05, 3.63) is 107 Å². The van der Waals surface area contributed by atoms with E-state index >= 15 is 22.0 Å². The van der Waals surface area contributed by atoms with E-state index in [1.807, 2.05) is 0 Å². The van der Waals surface area contributed by atoms with Gasteiger partial charge in [0.05, 0.1) is 0 Å². The highest BCUT2D eigenvalue weighted by molar-refractivity contribution is 5.67. The molecule has 0 saturated heterocycles. The van der Waals surface area contributed by atoms with Crippen LogP contribution in [0.15, 0.2) is 60.7 Å². The average Bonchev–Trinajstić information content (AvgIpc) is 3.03. The minimum Gasteiger partial charge on any atom is -0.478 e. The van der Waals surface area contributed by atoms with E-state index in [2.05, 4.69) is 16.4 Å². The molecule has 0 N–H and O–H groups in total. The van der Waals surface area contributed by atoms with Gasteiger partial charge in [-0.3, -0.25) is 0 Å². The Morgan fingerprint density at radius 1 is 0.627 bits per heavy atom. The Balaban J connectivity index is 1.30. The van der Waals surface area contributed by atoms with Crippen LogP contribution in [0.3, 0.4) is 0 Å². The van der Waals surface area contributed by atoms with E-state index in [1.54, 1.807) is 6.07 Å². The zero-order valence-corrected chi connectivity index (χ0v) is 27.3. The molecule has 0 radical (unpaired) electrons. The summed E-state index contributed by atoms with van der Waals surface area (Å²) in [6.07, 6.45) is -1.06. The molecule has 13 heteroatoms. The number of ether oxygens (including phenoxy) is 2. The number of hydrogen-bond acceptors (Lipinski definition) is 2. The van der Waals surface area contributed by atoms with Crippen molar-refractivity contribution < 1.29 is 57.8 Å². The smallest absolute Gasteiger partial charge is 0.432 e. The predicted molar refractivity (Wildman–Crippen MR) is 168 cm³/mol. The van der Waals surface area contributed by atoms with Gasteiger partial charge in [-0.1, -0.05) is 44.7 Å². The molecular weight excluding hydrogens is 697 g/mol. The van der Waals surface area contributed by atoms with Gasteiger partial charge in [-0.2, -0.15) is 22.0 Å². The van der Waals surface area contributed by atoms with E-state index in [0.29, 0.717) is 36.2 Å². The fourth-order valence-electron chi connectivity index (χ4n) is 6.49. The molecule has 0 heterocycles. The van der Waals surface area contributed by atoms with Crippen LogP contribution in [0.25, 0.3) is 22.3 Å². The highest BCUT2D eigenvalue weighted by Gasteiger charge is 2.41. The Hall–Kier alpha value is -4.29. The number of unbranched alkanes of at least 4 members (excludes halogenated alkanes) is 2. The van der Waals surface area contributed by atoms with E-state index < -0.39 is 82.0 Å². The largest absolute Gasteiger partial charge is 0.478 e. The lowest BCUT2D eigenvalue weighted by atomic mass is 9.77. The molecule has 0 atom stereocenters. The fourth-order valence-corrected chi connectivity index (χ4v) is 6.49. The summed E-state index contributed by atoms with van der Waals surface area (Å²) < 4.78 is 165. The normalized spacial score (nSPS) is 16.7. The summed E-state index contributed by atoms with van der Waals surface area (Å²) in [6, 6.07) is 8.14. The quantitative estimate of drug-likeness (QED) is 0.107. The molecule has 1 saturated carbocycles. The van der Waals surface area contributed by atoms with Crippen LogP contribution >= 0.6 is 0 Å². The Kier molecular flexibility index (Phi) is 11.6. The molecule has 1 fully saturated rings. The first-order valence-electron chi connectivity index (χ1n) is 16.4. The van der Waals surface area contributed by atoms with Gasteiger partial charge in [0.15, 0.2) is 24.0 Å². The molecule has 0 aromatic heterocycles. The average molecular weight is 731 g/mol. The second-order valence-corrected chi connectivity index (χ2v) is 12.7. The van der Waals surface area contributed by atoms with Crippen LogP contribution in [-0.2, 0) is 6.11 Å². The van der Waals surface area contributed by atoms with Crippen molar-refractivity contribution in [3.63, 3.8) is 0 Å². The molecule has 1 aliphatic rings. The predicted octanol–water partition coefficient (Wildman–Crippen LogP) is 12.8. The third-order valence-corrected chi connectivity index (χ3v) is 9.05. The second kappa shape index (κ2) is 15.5. The molecule has 274 valence electrons. The molecule has 0 spiro atoms. The van der Waals surface area contributed by atoms with Crippen molar-refractivity contribution in [3.8, 4) is 33.8 Å². The molecule has 0 bridgehead atoms. The van der Waals surface area contributed by atoms with Gasteiger partial charge in [-0.05, 0) is 96.7 Å². The SMILES string of the molecule is CCCCCC1CCC(c2ccc(-c3cc(F)c(C(F)(F)Oc4ccc(-c5cc(F)c(OCC(F)(F)F)c(F)c5)c(F)c4)c(F)c3)c(F)c2)CC1. The van der Waals surface area contributed by atoms with Gasteiger partial charge in [0, 0.05) is 17.2 Å². The second-order valence-electron chi connectivity index (χ2n) is 12.7. The summed E-state index contributed by atoms with van der Waals surface area (Å²) in [4.78, 5) is 0. The summed E-state index contributed by atoms with van der Waals surface area (Å²) >= 11 is 0. The molecule has 51 heavy (non-hydrogen) atoms. The molecule has 1 aliphatic carbocycles. The first-order valence-corrected chi connectivity index (χ1v) is 16.4. The van der Waals surface area contributed by atoms with Crippen molar-refractivity contribution in [1.82, 2.24) is 0 Å². The standard InChI is InChI=1S/C38H33F11O2/c1-2-3-4-5-21-6-8-22(9-7-21)23-10-12-27(29(39)14-23)24-15-31(41)35(32(42)16-24)38(48,49)51-26-11-13-28(30(40)19-26)25-17-33(43)36(34(44)18-25)50-20-37(45,46)47/h10-19,21-22H,2-9,20H2,1H3. The Morgan fingerprint density at radius 3 is 1.71 bits per heavy atom. The fraction of sp³-hybridized carbons (Fsp3) is 0.368. The molecule has 2 nitrogen and oxygen atoms in total. The van der Waals surface area contributed by atoms with Crippen LogP contribution in [0.4, 0.5) is 48.3 Å². The molecule has 0 aliphatic heterocycles. The van der Waals surface area contributed by atoms with E-state index in [9.17, 15) is 26.3 Å². The minimum absolute atomic E-state index is 0.135. The van der Waals surface area contributed by atoms with Gasteiger partial charge in [0.25, 0.3) is 0 Å². The molecule has 4 aromatic rings. The van der Waals surface area contributed by atoms with Crippen molar-refractivity contribution in [2.75, 3.05) is 6.61 Å². The van der Waals surface area contributed by atoms with E-state index in [0.717, 1.165) is 49.8 Å². The monoisotopic (exact) mass is 730 g/mol. The first-order chi connectivity index (χ1) is 24.1. The number of rotatable bonds is 12. The van der Waals surface area contributed by atoms with Gasteiger partial charge in [0.1, 0.15) is 34.6 Å². The van der Waals surface area contributed by atoms with Crippen molar-refractivity contribution in [2.24, 2.45) is 5.92 Å². The Labute approximate surface area is 287 Å². The molecule has 0 amide bonds. The highest BCUT2D eigenvalue weighted by Crippen LogP contribution is 2.41. The van der Waals surface area contributed by atoms with E-state index in [4.69, 9.17) is 0 Å². The van der Waals surface area contributed by atoms with E-state index in [1.165, 1.54) is 31.4 Å². The minimum atomic E-state index is -4.90. The maximum Gasteiger partial charge on any atom is 0.432 e. The zero-order valence-electron chi connectivity index (χ0n) is 27.3. The topological polar surface area (TPSA) is 18.5 Å². The van der Waals surface area contributed by atoms with Crippen LogP contribution in [0.2, 0.25) is 0 Å². The zero-order chi connectivity index (χ0) is 37.1. The van der Waals surface area contributed by atoms with Gasteiger partial charge < -0.3 is 9.47 Å². The van der Waals surface area contributed by atoms with Crippen molar-refractivity contribution in [1.29, 1.82) is 0 Å². The van der Waals surface area contributed by atoms with Crippen LogP contribution in [0.5, 0.6) is 11.5 Å². The van der Waals surface area contributed by atoms with Crippen molar-refractivity contribution in [2.45, 2.75) is 76.5 Å². The van der Waals surface area contributed by atoms with Gasteiger partial charge in [-0.15, -0.1) is 0 Å². The van der Waals surface area contributed by atoms with Crippen LogP contribution in [0, 0.1) is 40.8 Å². The third-order valence-electron chi connectivity index (χ3n) is 9.05. The summed E-state index contributed by atoms with van der Waals surface area (Å²) in [5.41, 5.74) is -2.72. The molecule has 5 rings (SSSR count). The van der Waals surface area contributed by atoms with Gasteiger partial charge in [0.2, 0.25) is 0 Å². The number of halogens is 11. The van der Waals surface area contributed by atoms with Crippen LogP contribution in [0.1, 0.15) is 75.3 Å². The van der Waals surface area contributed by atoms with Gasteiger partial charge >= 0.3 is 12.3 Å².